The number of carbonyl (C=O) groups is 1. The summed E-state index contributed by atoms with van der Waals surface area (Å²) in [6.45, 7) is 4.04. The topological polar surface area (TPSA) is 64.7 Å². The molecule has 114 valence electrons. The lowest BCUT2D eigenvalue weighted by Gasteiger charge is -2.05. The minimum Gasteiger partial charge on any atom is -0.340 e. The van der Waals surface area contributed by atoms with E-state index in [0.29, 0.717) is 11.6 Å². The van der Waals surface area contributed by atoms with Crippen molar-refractivity contribution in [2.24, 2.45) is 14.1 Å². The van der Waals surface area contributed by atoms with E-state index in [9.17, 15) is 4.79 Å². The number of rotatable bonds is 3. The maximum Gasteiger partial charge on any atom is 0.274 e. The lowest BCUT2D eigenvalue weighted by Crippen LogP contribution is -2.18. The van der Waals surface area contributed by atoms with Crippen molar-refractivity contribution in [2.45, 2.75) is 19.8 Å². The van der Waals surface area contributed by atoms with Gasteiger partial charge in [-0.05, 0) is 12.1 Å². The highest BCUT2D eigenvalue weighted by Crippen LogP contribution is 2.19. The Labute approximate surface area is 128 Å². The van der Waals surface area contributed by atoms with E-state index in [-0.39, 0.29) is 11.8 Å². The molecule has 6 nitrogen and oxygen atoms in total. The lowest BCUT2D eigenvalue weighted by molar-refractivity contribution is 0.101. The SMILES string of the molecule is CC(C)c1nc(NC(=O)c2cc3ccccc3n2C)n(C)n1. The molecule has 0 saturated carbocycles. The van der Waals surface area contributed by atoms with Crippen LogP contribution in [0.15, 0.2) is 30.3 Å². The number of nitrogens with one attached hydrogen (secondary N) is 1. The fraction of sp³-hybridized carbons (Fsp3) is 0.312. The molecular formula is C16H19N5O. The molecule has 22 heavy (non-hydrogen) atoms. The van der Waals surface area contributed by atoms with Crippen molar-refractivity contribution in [3.05, 3.63) is 41.9 Å². The minimum absolute atomic E-state index is 0.190. The van der Waals surface area contributed by atoms with Crippen LogP contribution in [0.1, 0.15) is 36.1 Å². The Hall–Kier alpha value is -2.63. The van der Waals surface area contributed by atoms with Crippen molar-refractivity contribution >= 4 is 22.8 Å². The molecule has 1 aromatic carbocycles. The Morgan fingerprint density at radius 1 is 1.23 bits per heavy atom. The number of hydrogen-bond donors (Lipinski definition) is 1. The van der Waals surface area contributed by atoms with Gasteiger partial charge in [0.2, 0.25) is 5.95 Å². The summed E-state index contributed by atoms with van der Waals surface area (Å²) < 4.78 is 3.47. The molecule has 0 saturated heterocycles. The predicted octanol–water partition coefficient (Wildman–Crippen LogP) is 2.68. The van der Waals surface area contributed by atoms with Crippen LogP contribution < -0.4 is 5.32 Å². The van der Waals surface area contributed by atoms with Gasteiger partial charge >= 0.3 is 0 Å². The number of aryl methyl sites for hydroxylation is 2. The molecule has 0 aliphatic rings. The molecule has 6 heteroatoms. The number of hydrogen-bond acceptors (Lipinski definition) is 3. The number of carbonyl (C=O) groups excluding carboxylic acids is 1. The summed E-state index contributed by atoms with van der Waals surface area (Å²) >= 11 is 0. The second-order valence-electron chi connectivity index (χ2n) is 5.67. The van der Waals surface area contributed by atoms with E-state index in [2.05, 4.69) is 15.4 Å². The quantitative estimate of drug-likeness (QED) is 0.808. The first kappa shape index (κ1) is 14.3. The van der Waals surface area contributed by atoms with Crippen molar-refractivity contribution in [1.82, 2.24) is 19.3 Å². The molecule has 2 aromatic heterocycles. The Balaban J connectivity index is 1.92. The van der Waals surface area contributed by atoms with Crippen LogP contribution in [0.25, 0.3) is 10.9 Å². The van der Waals surface area contributed by atoms with Gasteiger partial charge in [-0.3, -0.25) is 10.1 Å². The van der Waals surface area contributed by atoms with Crippen LogP contribution in [0.5, 0.6) is 0 Å². The molecular weight excluding hydrogens is 278 g/mol. The van der Waals surface area contributed by atoms with Gasteiger partial charge in [0.05, 0.1) is 0 Å². The highest BCUT2D eigenvalue weighted by Gasteiger charge is 2.17. The summed E-state index contributed by atoms with van der Waals surface area (Å²) in [6.07, 6.45) is 0. The number of amides is 1. The number of fused-ring (bicyclic) bond motifs is 1. The molecule has 0 atom stereocenters. The molecule has 0 fully saturated rings. The third-order valence-corrected chi connectivity index (χ3v) is 3.71. The van der Waals surface area contributed by atoms with E-state index in [0.717, 1.165) is 16.7 Å². The zero-order valence-corrected chi connectivity index (χ0v) is 13.2. The molecule has 0 spiro atoms. The van der Waals surface area contributed by atoms with Gasteiger partial charge in [0.1, 0.15) is 5.69 Å². The Bertz CT molecular complexity index is 843. The summed E-state index contributed by atoms with van der Waals surface area (Å²) in [5, 5.41) is 8.18. The second-order valence-corrected chi connectivity index (χ2v) is 5.67. The van der Waals surface area contributed by atoms with Crippen LogP contribution in [0, 0.1) is 0 Å². The first-order valence-corrected chi connectivity index (χ1v) is 7.24. The van der Waals surface area contributed by atoms with Gasteiger partial charge in [0.15, 0.2) is 5.82 Å². The fourth-order valence-electron chi connectivity index (χ4n) is 2.43. The second kappa shape index (κ2) is 5.29. The number of para-hydroxylation sites is 1. The average Bonchev–Trinajstić information content (AvgIpc) is 3.01. The number of nitrogens with zero attached hydrogens (tertiary/aromatic N) is 4. The van der Waals surface area contributed by atoms with Gasteiger partial charge in [-0.15, -0.1) is 0 Å². The van der Waals surface area contributed by atoms with E-state index < -0.39 is 0 Å². The van der Waals surface area contributed by atoms with Crippen molar-refractivity contribution in [3.63, 3.8) is 0 Å². The monoisotopic (exact) mass is 297 g/mol. The molecule has 0 aliphatic carbocycles. The normalized spacial score (nSPS) is 11.3. The van der Waals surface area contributed by atoms with Gasteiger partial charge < -0.3 is 4.57 Å². The third-order valence-electron chi connectivity index (χ3n) is 3.71. The first-order chi connectivity index (χ1) is 10.5. The van der Waals surface area contributed by atoms with Crippen LogP contribution in [0.4, 0.5) is 5.95 Å². The van der Waals surface area contributed by atoms with Crippen molar-refractivity contribution in [1.29, 1.82) is 0 Å². The summed E-state index contributed by atoms with van der Waals surface area (Å²) in [4.78, 5) is 16.9. The highest BCUT2D eigenvalue weighted by molar-refractivity contribution is 6.05. The third kappa shape index (κ3) is 2.36. The van der Waals surface area contributed by atoms with Crippen LogP contribution >= 0.6 is 0 Å². The molecule has 3 rings (SSSR count). The van der Waals surface area contributed by atoms with Crippen molar-refractivity contribution < 1.29 is 4.79 Å². The predicted molar refractivity (Wildman–Crippen MR) is 86.0 cm³/mol. The zero-order chi connectivity index (χ0) is 15.9. The molecule has 1 N–H and O–H groups in total. The van der Waals surface area contributed by atoms with E-state index in [1.54, 1.807) is 11.7 Å². The molecule has 3 aromatic rings. The van der Waals surface area contributed by atoms with E-state index in [1.807, 2.05) is 55.8 Å². The zero-order valence-electron chi connectivity index (χ0n) is 13.2. The van der Waals surface area contributed by atoms with E-state index in [4.69, 9.17) is 0 Å². The Morgan fingerprint density at radius 2 is 1.95 bits per heavy atom. The van der Waals surface area contributed by atoms with Crippen molar-refractivity contribution in [3.8, 4) is 0 Å². The summed E-state index contributed by atoms with van der Waals surface area (Å²) in [5.74, 6) is 1.20. The van der Waals surface area contributed by atoms with E-state index in [1.165, 1.54) is 0 Å². The van der Waals surface area contributed by atoms with Gasteiger partial charge in [0.25, 0.3) is 5.91 Å². The molecule has 0 bridgehead atoms. The van der Waals surface area contributed by atoms with Crippen LogP contribution in [0.3, 0.4) is 0 Å². The fourth-order valence-corrected chi connectivity index (χ4v) is 2.43. The number of aromatic nitrogens is 4. The van der Waals surface area contributed by atoms with Gasteiger partial charge in [-0.1, -0.05) is 32.0 Å². The smallest absolute Gasteiger partial charge is 0.274 e. The Kier molecular flexibility index (Phi) is 3.44. The standard InChI is InChI=1S/C16H19N5O/c1-10(2)14-17-16(21(4)19-14)18-15(22)13-9-11-7-5-6-8-12(11)20(13)3/h5-10H,1-4H3,(H,17,18,19,22). The van der Waals surface area contributed by atoms with E-state index >= 15 is 0 Å². The molecule has 0 radical (unpaired) electrons. The molecule has 0 aliphatic heterocycles. The maximum absolute atomic E-state index is 12.5. The summed E-state index contributed by atoms with van der Waals surface area (Å²) in [6, 6.07) is 9.78. The summed E-state index contributed by atoms with van der Waals surface area (Å²) in [5.41, 5.74) is 1.61. The molecule has 0 unspecified atom stereocenters. The molecule has 1 amide bonds. The maximum atomic E-state index is 12.5. The minimum atomic E-state index is -0.190. The van der Waals surface area contributed by atoms with Gasteiger partial charge in [-0.2, -0.15) is 10.1 Å². The first-order valence-electron chi connectivity index (χ1n) is 7.24. The van der Waals surface area contributed by atoms with Gasteiger partial charge in [-0.25, -0.2) is 4.68 Å². The highest BCUT2D eigenvalue weighted by atomic mass is 16.2. The van der Waals surface area contributed by atoms with Crippen molar-refractivity contribution in [2.75, 3.05) is 5.32 Å². The lowest BCUT2D eigenvalue weighted by atomic mass is 10.2. The number of benzene rings is 1. The summed E-state index contributed by atoms with van der Waals surface area (Å²) in [7, 11) is 3.66. The number of anilines is 1. The molecule has 2 heterocycles. The Morgan fingerprint density at radius 3 is 2.59 bits per heavy atom. The largest absolute Gasteiger partial charge is 0.340 e. The van der Waals surface area contributed by atoms with Crippen LogP contribution in [-0.2, 0) is 14.1 Å². The van der Waals surface area contributed by atoms with Crippen LogP contribution in [-0.4, -0.2) is 25.2 Å². The average molecular weight is 297 g/mol. The van der Waals surface area contributed by atoms with Crippen LogP contribution in [0.2, 0.25) is 0 Å². The van der Waals surface area contributed by atoms with Gasteiger partial charge in [0, 0.05) is 30.9 Å².